The molecule has 0 aliphatic carbocycles. The van der Waals surface area contributed by atoms with Crippen LogP contribution in [0.1, 0.15) is 12.0 Å². The number of hydrogen-bond acceptors (Lipinski definition) is 3. The van der Waals surface area contributed by atoms with Gasteiger partial charge in [0.25, 0.3) is 0 Å². The van der Waals surface area contributed by atoms with Crippen molar-refractivity contribution in [2.75, 3.05) is 12.3 Å². The third-order valence-corrected chi connectivity index (χ3v) is 1.88. The van der Waals surface area contributed by atoms with Crippen LogP contribution in [0.2, 0.25) is 0 Å². The van der Waals surface area contributed by atoms with Crippen LogP contribution < -0.4 is 10.5 Å². The zero-order valence-corrected chi connectivity index (χ0v) is 8.62. The number of ether oxygens (including phenoxy) is 1. The third-order valence-electron chi connectivity index (χ3n) is 1.88. The maximum absolute atomic E-state index is 12.6. The number of hydrogen-bond donors (Lipinski definition) is 2. The largest absolute Gasteiger partial charge is 0.492 e. The Morgan fingerprint density at radius 2 is 2.06 bits per heavy atom. The van der Waals surface area contributed by atoms with Gasteiger partial charge in [-0.1, -0.05) is 0 Å². The molecule has 0 aliphatic rings. The van der Waals surface area contributed by atoms with Gasteiger partial charge >= 0.3 is 12.1 Å². The van der Waals surface area contributed by atoms with Crippen LogP contribution in [-0.4, -0.2) is 17.7 Å². The van der Waals surface area contributed by atoms with Crippen LogP contribution in [0.4, 0.5) is 18.9 Å². The zero-order valence-electron chi connectivity index (χ0n) is 8.62. The molecule has 0 aromatic heterocycles. The highest BCUT2D eigenvalue weighted by molar-refractivity contribution is 5.66. The van der Waals surface area contributed by atoms with Crippen molar-refractivity contribution in [1.29, 1.82) is 0 Å². The Bertz CT molecular complexity index is 418. The number of benzene rings is 1. The molecule has 7 heteroatoms. The lowest BCUT2D eigenvalue weighted by Crippen LogP contribution is -2.11. The fourth-order valence-corrected chi connectivity index (χ4v) is 1.14. The predicted molar refractivity (Wildman–Crippen MR) is 53.6 cm³/mol. The topological polar surface area (TPSA) is 72.5 Å². The molecule has 3 N–H and O–H groups in total. The molecule has 94 valence electrons. The average molecular weight is 249 g/mol. The molecule has 0 unspecified atom stereocenters. The van der Waals surface area contributed by atoms with Crippen molar-refractivity contribution in [3.05, 3.63) is 23.8 Å². The number of carboxylic acid groups (broad SMARTS) is 1. The predicted octanol–water partition coefficient (Wildman–Crippen LogP) is 2.14. The number of carbonyl (C=O) groups is 1. The molecular weight excluding hydrogens is 239 g/mol. The standard InChI is InChI=1S/C10H10F3NO3/c11-10(12,13)7-5-6(14)1-2-8(7)17-4-3-9(15)16/h1-2,5H,3-4,14H2,(H,15,16). The molecular formula is C10H10F3NO3. The first kappa shape index (κ1) is 13.1. The summed E-state index contributed by atoms with van der Waals surface area (Å²) >= 11 is 0. The first-order valence-electron chi connectivity index (χ1n) is 4.62. The fraction of sp³-hybridized carbons (Fsp3) is 0.300. The van der Waals surface area contributed by atoms with E-state index in [1.165, 1.54) is 6.07 Å². The highest BCUT2D eigenvalue weighted by atomic mass is 19.4. The van der Waals surface area contributed by atoms with Crippen LogP contribution in [0, 0.1) is 0 Å². The van der Waals surface area contributed by atoms with Gasteiger partial charge < -0.3 is 15.6 Å². The molecule has 0 aliphatic heterocycles. The van der Waals surface area contributed by atoms with Gasteiger partial charge in [-0.15, -0.1) is 0 Å². The van der Waals surface area contributed by atoms with Crippen LogP contribution in [0.15, 0.2) is 18.2 Å². The zero-order chi connectivity index (χ0) is 13.1. The van der Waals surface area contributed by atoms with Crippen LogP contribution in [0.3, 0.4) is 0 Å². The molecule has 1 aromatic rings. The normalized spacial score (nSPS) is 11.2. The van der Waals surface area contributed by atoms with Crippen LogP contribution in [0.5, 0.6) is 5.75 Å². The number of nitrogens with two attached hydrogens (primary N) is 1. The smallest absolute Gasteiger partial charge is 0.420 e. The van der Waals surface area contributed by atoms with E-state index in [0.717, 1.165) is 12.1 Å². The van der Waals surface area contributed by atoms with Crippen LogP contribution in [-0.2, 0) is 11.0 Å². The molecule has 0 radical (unpaired) electrons. The molecule has 0 saturated carbocycles. The van der Waals surface area contributed by atoms with Gasteiger partial charge in [-0.2, -0.15) is 13.2 Å². The Hall–Kier alpha value is -1.92. The van der Waals surface area contributed by atoms with Crippen molar-refractivity contribution >= 4 is 11.7 Å². The average Bonchev–Trinajstić information content (AvgIpc) is 2.18. The molecule has 0 amide bonds. The summed E-state index contributed by atoms with van der Waals surface area (Å²) in [5.41, 5.74) is 4.20. The maximum atomic E-state index is 12.6. The van der Waals surface area contributed by atoms with Gasteiger partial charge in [-0.25, -0.2) is 0 Å². The van der Waals surface area contributed by atoms with E-state index in [1.807, 2.05) is 0 Å². The number of aliphatic carboxylic acids is 1. The van der Waals surface area contributed by atoms with Gasteiger partial charge in [0.2, 0.25) is 0 Å². The number of rotatable bonds is 4. The summed E-state index contributed by atoms with van der Waals surface area (Å²) in [5, 5.41) is 8.34. The summed E-state index contributed by atoms with van der Waals surface area (Å²) in [6.07, 6.45) is -4.96. The summed E-state index contributed by atoms with van der Waals surface area (Å²) in [4.78, 5) is 10.2. The number of alkyl halides is 3. The Kier molecular flexibility index (Phi) is 3.82. The second-order valence-electron chi connectivity index (χ2n) is 3.25. The van der Waals surface area contributed by atoms with Crippen LogP contribution >= 0.6 is 0 Å². The molecule has 0 heterocycles. The molecule has 0 saturated heterocycles. The summed E-state index contributed by atoms with van der Waals surface area (Å²) < 4.78 is 42.5. The van der Waals surface area contributed by atoms with E-state index in [0.29, 0.717) is 0 Å². The van der Waals surface area contributed by atoms with Crippen molar-refractivity contribution in [3.8, 4) is 5.75 Å². The van der Waals surface area contributed by atoms with E-state index >= 15 is 0 Å². The van der Waals surface area contributed by atoms with Crippen molar-refractivity contribution in [3.63, 3.8) is 0 Å². The molecule has 1 rings (SSSR count). The van der Waals surface area contributed by atoms with Crippen molar-refractivity contribution in [2.24, 2.45) is 0 Å². The molecule has 4 nitrogen and oxygen atoms in total. The molecule has 17 heavy (non-hydrogen) atoms. The van der Waals surface area contributed by atoms with Gasteiger partial charge in [0.05, 0.1) is 18.6 Å². The Morgan fingerprint density at radius 3 is 2.59 bits per heavy atom. The lowest BCUT2D eigenvalue weighted by molar-refractivity contribution is -0.139. The minimum atomic E-state index is -4.59. The van der Waals surface area contributed by atoms with Gasteiger partial charge in [0.15, 0.2) is 0 Å². The lowest BCUT2D eigenvalue weighted by atomic mass is 10.1. The van der Waals surface area contributed by atoms with Gasteiger partial charge in [0.1, 0.15) is 5.75 Å². The first-order chi connectivity index (χ1) is 7.80. The Morgan fingerprint density at radius 1 is 1.41 bits per heavy atom. The van der Waals surface area contributed by atoms with E-state index in [1.54, 1.807) is 0 Å². The number of carboxylic acids is 1. The van der Waals surface area contributed by atoms with Gasteiger partial charge in [-0.05, 0) is 18.2 Å². The number of anilines is 1. The quantitative estimate of drug-likeness (QED) is 0.802. The van der Waals surface area contributed by atoms with Gasteiger partial charge in [-0.3, -0.25) is 4.79 Å². The Balaban J connectivity index is 2.87. The Labute approximate surface area is 94.8 Å². The van der Waals surface area contributed by atoms with E-state index in [9.17, 15) is 18.0 Å². The number of nitrogen functional groups attached to an aromatic ring is 1. The van der Waals surface area contributed by atoms with Gasteiger partial charge in [0, 0.05) is 5.69 Å². The SMILES string of the molecule is Nc1ccc(OCCC(=O)O)c(C(F)(F)F)c1. The summed E-state index contributed by atoms with van der Waals surface area (Å²) in [5.74, 6) is -1.57. The summed E-state index contributed by atoms with van der Waals surface area (Å²) in [7, 11) is 0. The minimum absolute atomic E-state index is 0.0390. The van der Waals surface area contributed by atoms with E-state index < -0.39 is 23.5 Å². The first-order valence-corrected chi connectivity index (χ1v) is 4.62. The van der Waals surface area contributed by atoms with Crippen molar-refractivity contribution < 1.29 is 27.8 Å². The maximum Gasteiger partial charge on any atom is 0.420 e. The summed E-state index contributed by atoms with van der Waals surface area (Å²) in [6.45, 7) is -0.331. The molecule has 0 bridgehead atoms. The van der Waals surface area contributed by atoms with E-state index in [-0.39, 0.29) is 18.7 Å². The highest BCUT2D eigenvalue weighted by Crippen LogP contribution is 2.37. The molecule has 0 atom stereocenters. The lowest BCUT2D eigenvalue weighted by Gasteiger charge is -2.13. The second kappa shape index (κ2) is 4.94. The van der Waals surface area contributed by atoms with E-state index in [4.69, 9.17) is 15.6 Å². The minimum Gasteiger partial charge on any atom is -0.492 e. The fourth-order valence-electron chi connectivity index (χ4n) is 1.14. The monoisotopic (exact) mass is 249 g/mol. The van der Waals surface area contributed by atoms with Crippen LogP contribution in [0.25, 0.3) is 0 Å². The number of halogens is 3. The third kappa shape index (κ3) is 3.86. The molecule has 0 fully saturated rings. The van der Waals surface area contributed by atoms with Crippen molar-refractivity contribution in [1.82, 2.24) is 0 Å². The summed E-state index contributed by atoms with van der Waals surface area (Å²) in [6, 6.07) is 3.07. The highest BCUT2D eigenvalue weighted by Gasteiger charge is 2.34. The van der Waals surface area contributed by atoms with E-state index in [2.05, 4.69) is 0 Å². The second-order valence-corrected chi connectivity index (χ2v) is 3.25. The molecule has 1 aromatic carbocycles. The molecule has 0 spiro atoms. The van der Waals surface area contributed by atoms with Crippen molar-refractivity contribution in [2.45, 2.75) is 12.6 Å².